The number of aliphatic hydroxyl groups is 1. The number of H-pyrrole nitrogens is 1. The molecule has 3 atom stereocenters. The summed E-state index contributed by atoms with van der Waals surface area (Å²) in [4.78, 5) is 0. The molecule has 4 rings (SSSR count). The lowest BCUT2D eigenvalue weighted by Crippen LogP contribution is -2.38. The van der Waals surface area contributed by atoms with Gasteiger partial charge >= 0.3 is 0 Å². The maximum atomic E-state index is 12.0. The number of benzene rings is 1. The molecule has 7 nitrogen and oxygen atoms in total. The maximum Gasteiger partial charge on any atom is 0.279 e. The second kappa shape index (κ2) is 5.40. The highest BCUT2D eigenvalue weighted by atomic mass is 35.5. The standard InChI is InChI=1S/C15H19ClN4O3S/c1-17-24(22,23)20-7-9-4-15(21,5-10(9)8-20)13-2-11(16)3-14-12(13)6-18-19-14/h2-3,6,9-10,17,21H,4-5,7-8H2,1H3,(H,18,19)/t9-,10+,15?. The highest BCUT2D eigenvalue weighted by molar-refractivity contribution is 7.87. The lowest BCUT2D eigenvalue weighted by atomic mass is 9.88. The fraction of sp³-hybridized carbons (Fsp3) is 0.533. The molecule has 2 aliphatic rings. The molecule has 1 aliphatic heterocycles. The van der Waals surface area contributed by atoms with Gasteiger partial charge in [0.15, 0.2) is 0 Å². The summed E-state index contributed by atoms with van der Waals surface area (Å²) < 4.78 is 27.8. The first kappa shape index (κ1) is 16.3. The molecule has 1 saturated carbocycles. The summed E-state index contributed by atoms with van der Waals surface area (Å²) in [5.74, 6) is 0.276. The SMILES string of the molecule is CNS(=O)(=O)N1C[C@@H]2CC(O)(c3cc(Cl)cc4[nH]ncc34)C[C@@H]2C1. The Balaban J connectivity index is 1.65. The molecule has 0 amide bonds. The molecule has 24 heavy (non-hydrogen) atoms. The summed E-state index contributed by atoms with van der Waals surface area (Å²) in [7, 11) is -1.99. The Morgan fingerprint density at radius 3 is 2.67 bits per heavy atom. The summed E-state index contributed by atoms with van der Waals surface area (Å²) in [5, 5.41) is 19.6. The second-order valence-electron chi connectivity index (χ2n) is 6.77. The third-order valence-corrected chi connectivity index (χ3v) is 7.08. The number of nitrogens with zero attached hydrogens (tertiary/aromatic N) is 2. The van der Waals surface area contributed by atoms with Gasteiger partial charge in [-0.3, -0.25) is 5.10 Å². The van der Waals surface area contributed by atoms with Crippen molar-refractivity contribution in [1.82, 2.24) is 19.2 Å². The quantitative estimate of drug-likeness (QED) is 0.756. The maximum absolute atomic E-state index is 12.0. The molecule has 2 heterocycles. The lowest BCUT2D eigenvalue weighted by molar-refractivity contribution is 0.0353. The van der Waals surface area contributed by atoms with Crippen molar-refractivity contribution in [2.45, 2.75) is 18.4 Å². The fourth-order valence-electron chi connectivity index (χ4n) is 4.26. The largest absolute Gasteiger partial charge is 0.385 e. The van der Waals surface area contributed by atoms with Crippen LogP contribution in [-0.4, -0.2) is 48.2 Å². The van der Waals surface area contributed by atoms with Crippen molar-refractivity contribution < 1.29 is 13.5 Å². The van der Waals surface area contributed by atoms with Crippen LogP contribution >= 0.6 is 11.6 Å². The second-order valence-corrected chi connectivity index (χ2v) is 9.08. The Morgan fingerprint density at radius 2 is 2.04 bits per heavy atom. The average Bonchev–Trinajstić information content (AvgIpc) is 3.19. The fourth-order valence-corrected chi connectivity index (χ4v) is 5.51. The monoisotopic (exact) mass is 370 g/mol. The van der Waals surface area contributed by atoms with E-state index in [2.05, 4.69) is 14.9 Å². The van der Waals surface area contributed by atoms with E-state index >= 15 is 0 Å². The summed E-state index contributed by atoms with van der Waals surface area (Å²) in [6, 6.07) is 3.58. The van der Waals surface area contributed by atoms with E-state index in [1.54, 1.807) is 18.3 Å². The van der Waals surface area contributed by atoms with Crippen LogP contribution in [0.4, 0.5) is 0 Å². The Bertz CT molecular complexity index is 883. The van der Waals surface area contributed by atoms with Gasteiger partial charge in [0, 0.05) is 30.5 Å². The van der Waals surface area contributed by atoms with Crippen molar-refractivity contribution in [3.05, 3.63) is 28.9 Å². The molecular formula is C15H19ClN4O3S. The van der Waals surface area contributed by atoms with Gasteiger partial charge in [-0.05, 0) is 42.4 Å². The van der Waals surface area contributed by atoms with Crippen molar-refractivity contribution in [3.8, 4) is 0 Å². The minimum absolute atomic E-state index is 0.138. The van der Waals surface area contributed by atoms with Gasteiger partial charge in [-0.1, -0.05) is 11.6 Å². The van der Waals surface area contributed by atoms with Crippen molar-refractivity contribution in [3.63, 3.8) is 0 Å². The molecule has 0 bridgehead atoms. The van der Waals surface area contributed by atoms with Gasteiger partial charge in [0.05, 0.1) is 17.3 Å². The van der Waals surface area contributed by atoms with E-state index in [9.17, 15) is 13.5 Å². The number of aromatic amines is 1. The molecule has 0 radical (unpaired) electrons. The van der Waals surface area contributed by atoms with E-state index in [1.165, 1.54) is 11.4 Å². The molecule has 3 N–H and O–H groups in total. The third kappa shape index (κ3) is 2.44. The molecule has 1 unspecified atom stereocenters. The van der Waals surface area contributed by atoms with E-state index in [0.29, 0.717) is 31.0 Å². The Hall–Kier alpha value is -1.19. The van der Waals surface area contributed by atoms with Crippen LogP contribution in [-0.2, 0) is 15.8 Å². The van der Waals surface area contributed by atoms with Gasteiger partial charge in [0.2, 0.25) is 0 Å². The van der Waals surface area contributed by atoms with Crippen molar-refractivity contribution in [1.29, 1.82) is 0 Å². The number of aromatic nitrogens is 2. The Labute approximate surface area is 145 Å². The summed E-state index contributed by atoms with van der Waals surface area (Å²) >= 11 is 6.19. The summed E-state index contributed by atoms with van der Waals surface area (Å²) in [5.41, 5.74) is 0.566. The van der Waals surface area contributed by atoms with Gasteiger partial charge in [-0.15, -0.1) is 0 Å². The first-order valence-electron chi connectivity index (χ1n) is 7.86. The van der Waals surface area contributed by atoms with Crippen molar-refractivity contribution in [2.24, 2.45) is 11.8 Å². The summed E-state index contributed by atoms with van der Waals surface area (Å²) in [6.45, 7) is 0.872. The molecule has 1 saturated heterocycles. The van der Waals surface area contributed by atoms with Crippen LogP contribution in [0.1, 0.15) is 18.4 Å². The Morgan fingerprint density at radius 1 is 1.38 bits per heavy atom. The molecule has 1 aromatic carbocycles. The number of hydrogen-bond donors (Lipinski definition) is 3. The van der Waals surface area contributed by atoms with Crippen LogP contribution in [0.2, 0.25) is 5.02 Å². The normalized spacial score (nSPS) is 31.0. The molecule has 1 aromatic heterocycles. The van der Waals surface area contributed by atoms with E-state index in [-0.39, 0.29) is 11.8 Å². The van der Waals surface area contributed by atoms with Crippen LogP contribution in [0, 0.1) is 11.8 Å². The highest BCUT2D eigenvalue weighted by Crippen LogP contribution is 2.50. The zero-order chi connectivity index (χ0) is 17.1. The molecular weight excluding hydrogens is 352 g/mol. The zero-order valence-corrected chi connectivity index (χ0v) is 14.7. The Kier molecular flexibility index (Phi) is 3.67. The van der Waals surface area contributed by atoms with Crippen molar-refractivity contribution in [2.75, 3.05) is 20.1 Å². The highest BCUT2D eigenvalue weighted by Gasteiger charge is 2.51. The molecule has 2 aromatic rings. The first-order chi connectivity index (χ1) is 11.3. The van der Waals surface area contributed by atoms with E-state index in [4.69, 9.17) is 11.6 Å². The molecule has 1 aliphatic carbocycles. The smallest absolute Gasteiger partial charge is 0.279 e. The average molecular weight is 371 g/mol. The lowest BCUT2D eigenvalue weighted by Gasteiger charge is -2.27. The number of hydrogen-bond acceptors (Lipinski definition) is 4. The number of rotatable bonds is 3. The predicted molar refractivity (Wildman–Crippen MR) is 90.8 cm³/mol. The number of fused-ring (bicyclic) bond motifs is 2. The van der Waals surface area contributed by atoms with Crippen LogP contribution in [0.15, 0.2) is 18.3 Å². The van der Waals surface area contributed by atoms with Gasteiger partial charge in [-0.25, -0.2) is 4.72 Å². The van der Waals surface area contributed by atoms with Crippen LogP contribution < -0.4 is 4.72 Å². The topological polar surface area (TPSA) is 98.3 Å². The van der Waals surface area contributed by atoms with Crippen LogP contribution in [0.5, 0.6) is 0 Å². The summed E-state index contributed by atoms with van der Waals surface area (Å²) in [6.07, 6.45) is 2.74. The predicted octanol–water partition coefficient (Wildman–Crippen LogP) is 1.21. The number of halogens is 1. The van der Waals surface area contributed by atoms with Gasteiger partial charge < -0.3 is 5.11 Å². The van der Waals surface area contributed by atoms with Crippen LogP contribution in [0.3, 0.4) is 0 Å². The zero-order valence-electron chi connectivity index (χ0n) is 13.2. The van der Waals surface area contributed by atoms with Crippen LogP contribution in [0.25, 0.3) is 10.9 Å². The van der Waals surface area contributed by atoms with Gasteiger partial charge in [-0.2, -0.15) is 17.8 Å². The molecule has 9 heteroatoms. The molecule has 130 valence electrons. The minimum atomic E-state index is -3.41. The third-order valence-electron chi connectivity index (χ3n) is 5.37. The minimum Gasteiger partial charge on any atom is -0.385 e. The molecule has 0 spiro atoms. The van der Waals surface area contributed by atoms with E-state index in [1.807, 2.05) is 0 Å². The van der Waals surface area contributed by atoms with E-state index in [0.717, 1.165) is 16.5 Å². The van der Waals surface area contributed by atoms with Gasteiger partial charge in [0.25, 0.3) is 10.2 Å². The van der Waals surface area contributed by atoms with Crippen molar-refractivity contribution >= 4 is 32.7 Å². The van der Waals surface area contributed by atoms with E-state index < -0.39 is 15.8 Å². The number of nitrogens with one attached hydrogen (secondary N) is 2. The first-order valence-corrected chi connectivity index (χ1v) is 9.68. The molecule has 2 fully saturated rings. The van der Waals surface area contributed by atoms with Gasteiger partial charge in [0.1, 0.15) is 0 Å².